The SMILES string of the molecule is CS(=O)(=O)N1CCCC(CC2(O)CC3CCC2C3)C1. The molecule has 1 saturated heterocycles. The number of piperidine rings is 1. The van der Waals surface area contributed by atoms with Crippen LogP contribution in [0.3, 0.4) is 0 Å². The zero-order valence-electron chi connectivity index (χ0n) is 11.7. The Morgan fingerprint density at radius 3 is 2.68 bits per heavy atom. The molecule has 3 aliphatic rings. The molecular formula is C14H25NO3S. The highest BCUT2D eigenvalue weighted by Crippen LogP contribution is 2.53. The topological polar surface area (TPSA) is 57.6 Å². The lowest BCUT2D eigenvalue weighted by Gasteiger charge is -2.39. The Morgan fingerprint density at radius 2 is 2.11 bits per heavy atom. The zero-order chi connectivity index (χ0) is 13.7. The Labute approximate surface area is 116 Å². The summed E-state index contributed by atoms with van der Waals surface area (Å²) in [5, 5.41) is 10.9. The van der Waals surface area contributed by atoms with Crippen LogP contribution < -0.4 is 0 Å². The van der Waals surface area contributed by atoms with Crippen LogP contribution in [0.5, 0.6) is 0 Å². The number of hydrogen-bond donors (Lipinski definition) is 1. The Balaban J connectivity index is 1.64. The summed E-state index contributed by atoms with van der Waals surface area (Å²) in [7, 11) is -3.07. The molecule has 110 valence electrons. The Morgan fingerprint density at radius 1 is 1.32 bits per heavy atom. The first kappa shape index (κ1) is 13.8. The smallest absolute Gasteiger partial charge is 0.211 e. The number of nitrogens with zero attached hydrogens (tertiary/aromatic N) is 1. The predicted molar refractivity (Wildman–Crippen MR) is 74.2 cm³/mol. The lowest BCUT2D eigenvalue weighted by Crippen LogP contribution is -2.44. The van der Waals surface area contributed by atoms with Crippen molar-refractivity contribution in [2.75, 3.05) is 19.3 Å². The molecule has 3 fully saturated rings. The highest BCUT2D eigenvalue weighted by molar-refractivity contribution is 7.88. The number of sulfonamides is 1. The van der Waals surface area contributed by atoms with Gasteiger partial charge in [0.15, 0.2) is 0 Å². The van der Waals surface area contributed by atoms with Crippen molar-refractivity contribution in [3.63, 3.8) is 0 Å². The van der Waals surface area contributed by atoms with E-state index in [-0.39, 0.29) is 0 Å². The van der Waals surface area contributed by atoms with E-state index >= 15 is 0 Å². The summed E-state index contributed by atoms with van der Waals surface area (Å²) in [6.07, 6.45) is 8.69. The van der Waals surface area contributed by atoms with E-state index in [4.69, 9.17) is 0 Å². The molecule has 1 heterocycles. The highest BCUT2D eigenvalue weighted by atomic mass is 32.2. The summed E-state index contributed by atoms with van der Waals surface area (Å²) >= 11 is 0. The molecule has 0 radical (unpaired) electrons. The molecule has 3 rings (SSSR count). The second-order valence-electron chi connectivity index (χ2n) is 7.02. The van der Waals surface area contributed by atoms with Crippen molar-refractivity contribution >= 4 is 10.0 Å². The van der Waals surface area contributed by atoms with Crippen molar-refractivity contribution < 1.29 is 13.5 Å². The minimum atomic E-state index is -3.07. The molecule has 19 heavy (non-hydrogen) atoms. The van der Waals surface area contributed by atoms with Gasteiger partial charge in [0.2, 0.25) is 10.0 Å². The van der Waals surface area contributed by atoms with Crippen molar-refractivity contribution in [1.82, 2.24) is 4.31 Å². The average molecular weight is 287 g/mol. The van der Waals surface area contributed by atoms with Crippen LogP contribution in [-0.2, 0) is 10.0 Å². The van der Waals surface area contributed by atoms with Crippen LogP contribution in [0.1, 0.15) is 44.9 Å². The number of rotatable bonds is 3. The largest absolute Gasteiger partial charge is 0.390 e. The molecular weight excluding hydrogens is 262 g/mol. The van der Waals surface area contributed by atoms with E-state index in [2.05, 4.69) is 0 Å². The summed E-state index contributed by atoms with van der Waals surface area (Å²) in [4.78, 5) is 0. The summed E-state index contributed by atoms with van der Waals surface area (Å²) in [5.74, 6) is 1.54. The fourth-order valence-corrected chi connectivity index (χ4v) is 5.60. The van der Waals surface area contributed by atoms with E-state index < -0.39 is 15.6 Å². The normalized spacial score (nSPS) is 43.8. The van der Waals surface area contributed by atoms with Crippen LogP contribution in [0, 0.1) is 17.8 Å². The molecule has 4 unspecified atom stereocenters. The fourth-order valence-electron chi connectivity index (χ4n) is 4.66. The van der Waals surface area contributed by atoms with Crippen LogP contribution in [-0.4, -0.2) is 42.8 Å². The molecule has 1 N–H and O–H groups in total. The van der Waals surface area contributed by atoms with Crippen LogP contribution in [0.15, 0.2) is 0 Å². The van der Waals surface area contributed by atoms with E-state index in [1.54, 1.807) is 4.31 Å². The quantitative estimate of drug-likeness (QED) is 0.858. The van der Waals surface area contributed by atoms with Gasteiger partial charge in [0.25, 0.3) is 0 Å². The molecule has 5 heteroatoms. The molecule has 2 bridgehead atoms. The van der Waals surface area contributed by atoms with Crippen molar-refractivity contribution in [2.45, 2.75) is 50.5 Å². The van der Waals surface area contributed by atoms with E-state index in [9.17, 15) is 13.5 Å². The van der Waals surface area contributed by atoms with Crippen molar-refractivity contribution in [3.8, 4) is 0 Å². The molecule has 0 spiro atoms. The minimum absolute atomic E-state index is 0.341. The third kappa shape index (κ3) is 2.69. The van der Waals surface area contributed by atoms with Crippen molar-refractivity contribution in [2.24, 2.45) is 17.8 Å². The summed E-state index contributed by atoms with van der Waals surface area (Å²) < 4.78 is 24.9. The van der Waals surface area contributed by atoms with Gasteiger partial charge in [-0.2, -0.15) is 0 Å². The van der Waals surface area contributed by atoms with Crippen LogP contribution in [0.25, 0.3) is 0 Å². The number of hydrogen-bond acceptors (Lipinski definition) is 3. The molecule has 2 aliphatic carbocycles. The van der Waals surface area contributed by atoms with Crippen molar-refractivity contribution in [3.05, 3.63) is 0 Å². The second-order valence-corrected chi connectivity index (χ2v) is 9.00. The first-order valence-corrected chi connectivity index (χ1v) is 9.39. The predicted octanol–water partition coefficient (Wildman–Crippen LogP) is 1.60. The molecule has 4 atom stereocenters. The Bertz CT molecular complexity index is 450. The molecule has 0 aromatic carbocycles. The first-order chi connectivity index (χ1) is 8.87. The number of aliphatic hydroxyl groups is 1. The maximum absolute atomic E-state index is 11.6. The molecule has 1 aliphatic heterocycles. The maximum Gasteiger partial charge on any atom is 0.211 e. The highest BCUT2D eigenvalue weighted by Gasteiger charge is 2.50. The standard InChI is InChI=1S/C14H25NO3S/c1-19(17,18)15-6-2-3-12(10-15)9-14(16)8-11-4-5-13(14)7-11/h11-13,16H,2-10H2,1H3. The molecule has 0 aromatic heterocycles. The second kappa shape index (κ2) is 4.71. The first-order valence-electron chi connectivity index (χ1n) is 7.54. The molecule has 0 aromatic rings. The van der Waals surface area contributed by atoms with Gasteiger partial charge in [0.05, 0.1) is 11.9 Å². The van der Waals surface area contributed by atoms with Gasteiger partial charge >= 0.3 is 0 Å². The monoisotopic (exact) mass is 287 g/mol. The summed E-state index contributed by atoms with van der Waals surface area (Å²) in [5.41, 5.74) is -0.492. The maximum atomic E-state index is 11.6. The summed E-state index contributed by atoms with van der Waals surface area (Å²) in [6, 6.07) is 0. The van der Waals surface area contributed by atoms with Gasteiger partial charge in [0.1, 0.15) is 0 Å². The van der Waals surface area contributed by atoms with Gasteiger partial charge in [-0.05, 0) is 62.7 Å². The van der Waals surface area contributed by atoms with Crippen LogP contribution in [0.2, 0.25) is 0 Å². The third-order valence-electron chi connectivity index (χ3n) is 5.54. The van der Waals surface area contributed by atoms with E-state index in [0.717, 1.165) is 31.6 Å². The lowest BCUT2D eigenvalue weighted by molar-refractivity contribution is -0.0387. The van der Waals surface area contributed by atoms with E-state index in [0.29, 0.717) is 24.9 Å². The van der Waals surface area contributed by atoms with Gasteiger partial charge in [-0.1, -0.05) is 0 Å². The van der Waals surface area contributed by atoms with E-state index in [1.165, 1.54) is 25.5 Å². The Hall–Kier alpha value is -0.130. The van der Waals surface area contributed by atoms with Gasteiger partial charge in [-0.25, -0.2) is 12.7 Å². The van der Waals surface area contributed by atoms with E-state index in [1.807, 2.05) is 0 Å². The molecule has 4 nitrogen and oxygen atoms in total. The van der Waals surface area contributed by atoms with Gasteiger partial charge in [0, 0.05) is 13.1 Å². The van der Waals surface area contributed by atoms with Gasteiger partial charge in [-0.3, -0.25) is 0 Å². The average Bonchev–Trinajstić information content (AvgIpc) is 2.87. The summed E-state index contributed by atoms with van der Waals surface area (Å²) in [6.45, 7) is 1.26. The van der Waals surface area contributed by atoms with Gasteiger partial charge < -0.3 is 5.11 Å². The molecule has 2 saturated carbocycles. The zero-order valence-corrected chi connectivity index (χ0v) is 12.5. The lowest BCUT2D eigenvalue weighted by atomic mass is 9.76. The number of fused-ring (bicyclic) bond motifs is 2. The van der Waals surface area contributed by atoms with Crippen molar-refractivity contribution in [1.29, 1.82) is 0 Å². The minimum Gasteiger partial charge on any atom is -0.390 e. The van der Waals surface area contributed by atoms with Crippen LogP contribution in [0.4, 0.5) is 0 Å². The third-order valence-corrected chi connectivity index (χ3v) is 6.81. The van der Waals surface area contributed by atoms with Crippen LogP contribution >= 0.6 is 0 Å². The van der Waals surface area contributed by atoms with Gasteiger partial charge in [-0.15, -0.1) is 0 Å². The fraction of sp³-hybridized carbons (Fsp3) is 1.00. The Kier molecular flexibility index (Phi) is 3.43. The molecule has 0 amide bonds.